The van der Waals surface area contributed by atoms with Crippen LogP contribution in [0.15, 0.2) is 82.8 Å². The summed E-state index contributed by atoms with van der Waals surface area (Å²) in [6.07, 6.45) is 3.61. The molecule has 0 saturated carbocycles. The molecule has 0 bridgehead atoms. The molecule has 1 aliphatic heterocycles. The first kappa shape index (κ1) is 25.9. The molecule has 11 heteroatoms. The summed E-state index contributed by atoms with van der Waals surface area (Å²) < 4.78 is 68.1. The van der Waals surface area contributed by atoms with Crippen LogP contribution in [0.5, 0.6) is 0 Å². The topological polar surface area (TPSA) is 135 Å². The van der Waals surface area contributed by atoms with Gasteiger partial charge in [-0.15, -0.1) is 0 Å². The number of nitrogens with zero attached hydrogens (tertiary/aromatic N) is 1. The Morgan fingerprint density at radius 1 is 0.971 bits per heavy atom. The molecule has 9 nitrogen and oxygen atoms in total. The van der Waals surface area contributed by atoms with Gasteiger partial charge in [-0.3, -0.25) is 0 Å². The maximum Gasteiger partial charge on any atom is 0.267 e. The van der Waals surface area contributed by atoms with E-state index >= 15 is 0 Å². The van der Waals surface area contributed by atoms with Crippen LogP contribution in [0.1, 0.15) is 24.0 Å². The first-order valence-corrected chi connectivity index (χ1v) is 13.2. The third-order valence-corrected chi connectivity index (χ3v) is 7.51. The Hall–Kier alpha value is -2.67. The first-order valence-electron chi connectivity index (χ1n) is 10.3. The number of aromatic nitrogens is 1. The van der Waals surface area contributed by atoms with Crippen LogP contribution in [0.25, 0.3) is 0 Å². The van der Waals surface area contributed by atoms with Crippen LogP contribution in [0.4, 0.5) is 0 Å². The second-order valence-corrected chi connectivity index (χ2v) is 10.7. The third kappa shape index (κ3) is 6.47. The van der Waals surface area contributed by atoms with E-state index < -0.39 is 25.9 Å². The molecule has 1 unspecified atom stereocenters. The molecule has 1 fully saturated rings. The molecule has 2 heterocycles. The van der Waals surface area contributed by atoms with Gasteiger partial charge in [-0.2, -0.15) is 4.74 Å². The molecular weight excluding hydrogens is 482 g/mol. The lowest BCUT2D eigenvalue weighted by molar-refractivity contribution is -0.228. The quantitative estimate of drug-likeness (QED) is 0.421. The maximum absolute atomic E-state index is 12.6. The predicted octanol–water partition coefficient (Wildman–Crippen LogP) is 2.76. The van der Waals surface area contributed by atoms with Crippen LogP contribution < -0.4 is 0 Å². The van der Waals surface area contributed by atoms with Gasteiger partial charge in [0.2, 0.25) is 6.61 Å². The Bertz CT molecular complexity index is 1280. The summed E-state index contributed by atoms with van der Waals surface area (Å²) >= 11 is 0. The summed E-state index contributed by atoms with van der Waals surface area (Å²) in [7, 11) is -7.95. The van der Waals surface area contributed by atoms with E-state index in [-0.39, 0.29) is 16.4 Å². The Morgan fingerprint density at radius 3 is 2.29 bits per heavy atom. The van der Waals surface area contributed by atoms with Crippen LogP contribution in [0, 0.1) is 13.5 Å². The summed E-state index contributed by atoms with van der Waals surface area (Å²) in [5.74, 6) is -1.52. The third-order valence-electron chi connectivity index (χ3n) is 5.01. The average Bonchev–Trinajstić information content (AvgIpc) is 3.29. The lowest BCUT2D eigenvalue weighted by Crippen LogP contribution is -2.32. The van der Waals surface area contributed by atoms with Crippen LogP contribution in [0.3, 0.4) is 0 Å². The molecule has 4 rings (SSSR count). The zero-order chi connectivity index (χ0) is 24.8. The minimum atomic E-state index is -4.27. The molecule has 182 valence electrons. The second-order valence-electron chi connectivity index (χ2n) is 7.52. The van der Waals surface area contributed by atoms with Gasteiger partial charge in [0.05, 0.1) is 16.4 Å². The molecular formula is C23H25NO8S2. The molecule has 0 aliphatic carbocycles. The molecule has 3 aromatic rings. The number of hydrogen-bond acceptors (Lipinski definition) is 8. The summed E-state index contributed by atoms with van der Waals surface area (Å²) in [4.78, 5) is 0.0116. The normalized spacial score (nSPS) is 19.1. The van der Waals surface area contributed by atoms with Gasteiger partial charge < -0.3 is 14.4 Å². The number of aryl methyl sites for hydroxylation is 1. The van der Waals surface area contributed by atoms with E-state index in [0.717, 1.165) is 9.54 Å². The fourth-order valence-corrected chi connectivity index (χ4v) is 4.84. The number of aliphatic hydroxyl groups is 1. The summed E-state index contributed by atoms with van der Waals surface area (Å²) in [5.41, 5.74) is 1.34. The van der Waals surface area contributed by atoms with E-state index in [0.29, 0.717) is 25.0 Å². The molecule has 0 radical (unpaired) electrons. The van der Waals surface area contributed by atoms with E-state index in [2.05, 4.69) is 0 Å². The predicted molar refractivity (Wildman–Crippen MR) is 122 cm³/mol. The van der Waals surface area contributed by atoms with Crippen LogP contribution in [-0.2, 0) is 35.4 Å². The molecule has 1 atom stereocenters. The van der Waals surface area contributed by atoms with E-state index in [1.54, 1.807) is 43.0 Å². The van der Waals surface area contributed by atoms with Gasteiger partial charge in [-0.1, -0.05) is 35.9 Å². The van der Waals surface area contributed by atoms with Crippen molar-refractivity contribution in [3.05, 3.63) is 90.8 Å². The van der Waals surface area contributed by atoms with E-state index in [9.17, 15) is 26.5 Å². The molecule has 1 aromatic heterocycles. The van der Waals surface area contributed by atoms with Crippen molar-refractivity contribution in [1.82, 2.24) is 3.97 Å². The SMILES string of the molecule is Cc1ccc(S(=O)(=O)[O-])cc1.O=S(=O)(c1ccccc1)n1ccc(C2(O)CC[CH+]OCCO2)c1. The Balaban J connectivity index is 0.000000248. The molecule has 1 N–H and O–H groups in total. The minimum absolute atomic E-state index is 0.178. The van der Waals surface area contributed by atoms with Crippen molar-refractivity contribution in [3.8, 4) is 0 Å². The highest BCUT2D eigenvalue weighted by atomic mass is 32.2. The second kappa shape index (κ2) is 10.7. The maximum atomic E-state index is 12.6. The van der Waals surface area contributed by atoms with Crippen molar-refractivity contribution in [2.75, 3.05) is 13.2 Å². The lowest BCUT2D eigenvalue weighted by Gasteiger charge is -2.27. The Kier molecular flexibility index (Phi) is 8.18. The summed E-state index contributed by atoms with van der Waals surface area (Å²) in [5, 5.41) is 10.7. The molecule has 2 aromatic carbocycles. The molecule has 0 amide bonds. The van der Waals surface area contributed by atoms with Crippen molar-refractivity contribution in [1.29, 1.82) is 0 Å². The number of ether oxygens (including phenoxy) is 2. The zero-order valence-corrected chi connectivity index (χ0v) is 20.0. The fraction of sp³-hybridized carbons (Fsp3) is 0.261. The van der Waals surface area contributed by atoms with Gasteiger partial charge in [0, 0.05) is 24.4 Å². The number of rotatable bonds is 4. The highest BCUT2D eigenvalue weighted by molar-refractivity contribution is 7.90. The van der Waals surface area contributed by atoms with Gasteiger partial charge in [0.1, 0.15) is 23.1 Å². The Labute approximate surface area is 199 Å². The van der Waals surface area contributed by atoms with Crippen molar-refractivity contribution >= 4 is 20.1 Å². The van der Waals surface area contributed by atoms with Crippen LogP contribution >= 0.6 is 0 Å². The summed E-state index contributed by atoms with van der Waals surface area (Å²) in [6, 6.07) is 15.5. The first-order chi connectivity index (χ1) is 16.0. The highest BCUT2D eigenvalue weighted by Crippen LogP contribution is 2.31. The molecule has 34 heavy (non-hydrogen) atoms. The Morgan fingerprint density at radius 2 is 1.65 bits per heavy atom. The van der Waals surface area contributed by atoms with E-state index in [1.807, 2.05) is 6.92 Å². The van der Waals surface area contributed by atoms with Gasteiger partial charge in [0.15, 0.2) is 5.79 Å². The lowest BCUT2D eigenvalue weighted by atomic mass is 10.0. The van der Waals surface area contributed by atoms with Crippen molar-refractivity contribution < 1.29 is 36.0 Å². The van der Waals surface area contributed by atoms with Gasteiger partial charge in [0.25, 0.3) is 10.0 Å². The van der Waals surface area contributed by atoms with E-state index in [1.165, 1.54) is 36.7 Å². The zero-order valence-electron chi connectivity index (χ0n) is 18.4. The number of hydrogen-bond donors (Lipinski definition) is 1. The van der Waals surface area contributed by atoms with Crippen molar-refractivity contribution in [3.63, 3.8) is 0 Å². The van der Waals surface area contributed by atoms with Crippen LogP contribution in [0.2, 0.25) is 0 Å². The molecule has 1 aliphatic rings. The molecule has 0 spiro atoms. The van der Waals surface area contributed by atoms with Gasteiger partial charge in [-0.05, 0) is 37.3 Å². The van der Waals surface area contributed by atoms with Gasteiger partial charge in [-0.25, -0.2) is 20.8 Å². The van der Waals surface area contributed by atoms with Crippen LogP contribution in [-0.4, -0.2) is 43.7 Å². The largest absolute Gasteiger partial charge is 0.744 e. The standard InChI is InChI=1S/C16H18NO5S.C7H8O3S/c18-16(8-4-10-21-11-12-22-16)14-7-9-17(13-14)23(19,20)15-5-2-1-3-6-15;1-6-2-4-7(5-3-6)11(8,9)10/h1-3,5-7,9-10,13,18H,4,8,11-12H2;2-5H,1H3,(H,8,9,10)/q+1;/p-1. The minimum Gasteiger partial charge on any atom is -0.744 e. The van der Waals surface area contributed by atoms with Gasteiger partial charge >= 0.3 is 0 Å². The highest BCUT2D eigenvalue weighted by Gasteiger charge is 2.35. The van der Waals surface area contributed by atoms with Crippen molar-refractivity contribution in [2.24, 2.45) is 0 Å². The summed E-state index contributed by atoms with van der Waals surface area (Å²) in [6.45, 7) is 4.03. The van der Waals surface area contributed by atoms with E-state index in [4.69, 9.17) is 9.47 Å². The number of benzene rings is 2. The smallest absolute Gasteiger partial charge is 0.267 e. The average molecular weight is 508 g/mol. The van der Waals surface area contributed by atoms with Crippen molar-refractivity contribution in [2.45, 2.75) is 35.3 Å². The molecule has 1 saturated heterocycles. The monoisotopic (exact) mass is 507 g/mol. The fourth-order valence-electron chi connectivity index (χ4n) is 3.16.